The molecule has 1 rings (SSSR count). The molecule has 14 heavy (non-hydrogen) atoms. The average Bonchev–Trinajstić information content (AvgIpc) is 2.44. The van der Waals surface area contributed by atoms with Crippen LogP contribution >= 0.6 is 22.5 Å². The highest BCUT2D eigenvalue weighted by Gasteiger charge is 2.39. The number of carbonyl (C=O) groups is 2. The minimum absolute atomic E-state index is 0.0320. The van der Waals surface area contributed by atoms with Gasteiger partial charge in [-0.1, -0.05) is 24.6 Å². The maximum absolute atomic E-state index is 11.4. The molecule has 0 bridgehead atoms. The molecule has 1 saturated heterocycles. The van der Waals surface area contributed by atoms with Gasteiger partial charge in [0.15, 0.2) is 0 Å². The molecule has 1 heterocycles. The largest absolute Gasteiger partial charge is 0.279 e. The van der Waals surface area contributed by atoms with Crippen molar-refractivity contribution in [2.45, 2.75) is 45.4 Å². The SMILES string of the molecule is CC.CC(C)N1C(=O)CC(SS)C1=O. The third-order valence-corrected chi connectivity index (χ3v) is 3.17. The molecule has 5 heteroatoms. The number of rotatable bonds is 2. The summed E-state index contributed by atoms with van der Waals surface area (Å²) in [5.74, 6) is -0.184. The Morgan fingerprint density at radius 3 is 2.14 bits per heavy atom. The first kappa shape index (κ1) is 13.8. The van der Waals surface area contributed by atoms with Gasteiger partial charge in [-0.25, -0.2) is 0 Å². The van der Waals surface area contributed by atoms with Gasteiger partial charge in [0, 0.05) is 12.5 Å². The van der Waals surface area contributed by atoms with Crippen LogP contribution in [0.5, 0.6) is 0 Å². The van der Waals surface area contributed by atoms with Crippen LogP contribution in [-0.2, 0) is 9.59 Å². The van der Waals surface area contributed by atoms with E-state index in [1.165, 1.54) is 4.90 Å². The summed E-state index contributed by atoms with van der Waals surface area (Å²) in [5.41, 5.74) is 0. The van der Waals surface area contributed by atoms with Gasteiger partial charge >= 0.3 is 0 Å². The van der Waals surface area contributed by atoms with Gasteiger partial charge in [-0.05, 0) is 13.8 Å². The van der Waals surface area contributed by atoms with Gasteiger partial charge in [-0.3, -0.25) is 14.5 Å². The lowest BCUT2D eigenvalue weighted by atomic mass is 10.3. The van der Waals surface area contributed by atoms with E-state index in [1.807, 2.05) is 27.7 Å². The van der Waals surface area contributed by atoms with Gasteiger partial charge in [0.05, 0.1) is 0 Å². The number of imide groups is 1. The van der Waals surface area contributed by atoms with Crippen LogP contribution in [-0.4, -0.2) is 28.0 Å². The van der Waals surface area contributed by atoms with Gasteiger partial charge in [-0.2, -0.15) is 0 Å². The predicted octanol–water partition coefficient (Wildman–Crippen LogP) is 2.13. The van der Waals surface area contributed by atoms with Crippen molar-refractivity contribution in [1.29, 1.82) is 0 Å². The molecule has 0 aromatic rings. The Bertz CT molecular complexity index is 219. The third kappa shape index (κ3) is 2.92. The quantitative estimate of drug-likeness (QED) is 0.452. The zero-order valence-corrected chi connectivity index (χ0v) is 10.7. The monoisotopic (exact) mass is 235 g/mol. The topological polar surface area (TPSA) is 37.4 Å². The number of hydrogen-bond donors (Lipinski definition) is 1. The molecule has 1 aliphatic heterocycles. The molecule has 0 N–H and O–H groups in total. The molecule has 0 saturated carbocycles. The van der Waals surface area contributed by atoms with Crippen LogP contribution in [0.2, 0.25) is 0 Å². The van der Waals surface area contributed by atoms with Crippen molar-refractivity contribution in [2.75, 3.05) is 0 Å². The summed E-state index contributed by atoms with van der Waals surface area (Å²) in [5, 5.41) is -0.275. The molecule has 1 atom stereocenters. The molecule has 0 aliphatic carbocycles. The van der Waals surface area contributed by atoms with Gasteiger partial charge < -0.3 is 0 Å². The van der Waals surface area contributed by atoms with E-state index in [-0.39, 0.29) is 23.1 Å². The molecule has 0 radical (unpaired) electrons. The van der Waals surface area contributed by atoms with E-state index in [4.69, 9.17) is 0 Å². The average molecular weight is 235 g/mol. The molecule has 1 fully saturated rings. The summed E-state index contributed by atoms with van der Waals surface area (Å²) in [6.07, 6.45) is 0.297. The fraction of sp³-hybridized carbons (Fsp3) is 0.778. The Hall–Kier alpha value is -0.160. The van der Waals surface area contributed by atoms with Crippen LogP contribution in [0.3, 0.4) is 0 Å². The Kier molecular flexibility index (Phi) is 6.27. The first-order valence-corrected chi connectivity index (χ1v) is 6.67. The highest BCUT2D eigenvalue weighted by atomic mass is 33.1. The lowest BCUT2D eigenvalue weighted by Gasteiger charge is -2.18. The number of likely N-dealkylation sites (tertiary alicyclic amines) is 1. The molecule has 2 amide bonds. The van der Waals surface area contributed by atoms with Crippen LogP contribution in [0.1, 0.15) is 34.1 Å². The molecule has 1 aliphatic rings. The minimum atomic E-state index is -0.275. The third-order valence-electron chi connectivity index (χ3n) is 1.79. The van der Waals surface area contributed by atoms with Gasteiger partial charge in [0.25, 0.3) is 0 Å². The van der Waals surface area contributed by atoms with Crippen molar-refractivity contribution in [2.24, 2.45) is 0 Å². The second kappa shape index (κ2) is 6.35. The van der Waals surface area contributed by atoms with Crippen LogP contribution in [0, 0.1) is 0 Å². The highest BCUT2D eigenvalue weighted by molar-refractivity contribution is 8.69. The Labute approximate surface area is 94.4 Å². The van der Waals surface area contributed by atoms with Crippen LogP contribution in [0.25, 0.3) is 0 Å². The summed E-state index contributed by atoms with van der Waals surface area (Å²) in [6.45, 7) is 7.67. The minimum Gasteiger partial charge on any atom is -0.279 e. The van der Waals surface area contributed by atoms with Crippen molar-refractivity contribution < 1.29 is 9.59 Å². The molecule has 0 aromatic carbocycles. The maximum Gasteiger partial charge on any atom is 0.243 e. The predicted molar refractivity (Wildman–Crippen MR) is 63.3 cm³/mol. The van der Waals surface area contributed by atoms with Gasteiger partial charge in [0.2, 0.25) is 11.8 Å². The van der Waals surface area contributed by atoms with E-state index < -0.39 is 0 Å². The first-order valence-electron chi connectivity index (χ1n) is 4.74. The lowest BCUT2D eigenvalue weighted by molar-refractivity contribution is -0.140. The van der Waals surface area contributed by atoms with E-state index in [0.717, 1.165) is 10.8 Å². The van der Waals surface area contributed by atoms with E-state index >= 15 is 0 Å². The van der Waals surface area contributed by atoms with Crippen molar-refractivity contribution in [3.63, 3.8) is 0 Å². The van der Waals surface area contributed by atoms with Crippen molar-refractivity contribution >= 4 is 34.3 Å². The van der Waals surface area contributed by atoms with Gasteiger partial charge in [-0.15, -0.1) is 11.7 Å². The number of carbonyl (C=O) groups excluding carboxylic acids is 2. The van der Waals surface area contributed by atoms with Crippen molar-refractivity contribution in [1.82, 2.24) is 4.90 Å². The smallest absolute Gasteiger partial charge is 0.243 e. The molecule has 0 spiro atoms. The zero-order chi connectivity index (χ0) is 11.3. The van der Waals surface area contributed by atoms with Crippen molar-refractivity contribution in [3.05, 3.63) is 0 Å². The number of amides is 2. The Morgan fingerprint density at radius 2 is 1.93 bits per heavy atom. The summed E-state index contributed by atoms with van der Waals surface area (Å²) in [6, 6.07) is -0.0320. The molecular weight excluding hydrogens is 218 g/mol. The van der Waals surface area contributed by atoms with E-state index in [2.05, 4.69) is 11.7 Å². The van der Waals surface area contributed by atoms with Crippen LogP contribution in [0.4, 0.5) is 0 Å². The van der Waals surface area contributed by atoms with E-state index in [1.54, 1.807) is 0 Å². The summed E-state index contributed by atoms with van der Waals surface area (Å²) in [4.78, 5) is 24.0. The van der Waals surface area contributed by atoms with Crippen LogP contribution < -0.4 is 0 Å². The molecule has 0 aromatic heterocycles. The van der Waals surface area contributed by atoms with Crippen molar-refractivity contribution in [3.8, 4) is 0 Å². The second-order valence-corrected chi connectivity index (χ2v) is 4.41. The summed E-state index contributed by atoms with van der Waals surface area (Å²) >= 11 is 3.94. The number of nitrogens with zero attached hydrogens (tertiary/aromatic N) is 1. The fourth-order valence-corrected chi connectivity index (χ4v) is 2.16. The zero-order valence-electron chi connectivity index (χ0n) is 8.98. The first-order chi connectivity index (χ1) is 6.57. The standard InChI is InChI=1S/C7H11NO2S2.C2H6/c1-4(2)8-6(9)3-5(12-11)7(8)10;1-2/h4-5,11H,3H2,1-2H3;1-2H3. The Balaban J connectivity index is 0.000000791. The molecule has 1 unspecified atom stereocenters. The lowest BCUT2D eigenvalue weighted by Crippen LogP contribution is -2.36. The van der Waals surface area contributed by atoms with Gasteiger partial charge in [0.1, 0.15) is 5.25 Å². The molecular formula is C9H17NO2S2. The molecule has 3 nitrogen and oxygen atoms in total. The van der Waals surface area contributed by atoms with Crippen LogP contribution in [0.15, 0.2) is 0 Å². The van der Waals surface area contributed by atoms with E-state index in [0.29, 0.717) is 6.42 Å². The number of hydrogen-bond acceptors (Lipinski definition) is 4. The van der Waals surface area contributed by atoms with E-state index in [9.17, 15) is 9.59 Å². The maximum atomic E-state index is 11.4. The Morgan fingerprint density at radius 1 is 1.43 bits per heavy atom. The molecule has 82 valence electrons. The number of thiol groups is 1. The second-order valence-electron chi connectivity index (χ2n) is 2.99. The normalized spacial score (nSPS) is 21.3. The fourth-order valence-electron chi connectivity index (χ4n) is 1.25. The highest BCUT2D eigenvalue weighted by Crippen LogP contribution is 2.28. The summed E-state index contributed by atoms with van der Waals surface area (Å²) < 4.78 is 0. The summed E-state index contributed by atoms with van der Waals surface area (Å²) in [7, 11) is 1.15.